The van der Waals surface area contributed by atoms with E-state index in [-0.39, 0.29) is 18.0 Å². The van der Waals surface area contributed by atoms with Gasteiger partial charge in [-0.05, 0) is 46.9 Å². The van der Waals surface area contributed by atoms with Gasteiger partial charge in [0.15, 0.2) is 0 Å². The third-order valence-electron chi connectivity index (χ3n) is 2.29. The van der Waals surface area contributed by atoms with E-state index in [2.05, 4.69) is 27.3 Å². The number of aliphatic hydroxyl groups is 1. The monoisotopic (exact) mass is 369 g/mol. The SMILES string of the molecule is CC(C)(CO)CNS(=O)(=O)c1ccc(I)cc1. The topological polar surface area (TPSA) is 66.4 Å². The van der Waals surface area contributed by atoms with E-state index in [1.54, 1.807) is 38.1 Å². The average molecular weight is 369 g/mol. The fourth-order valence-electron chi connectivity index (χ4n) is 1.04. The summed E-state index contributed by atoms with van der Waals surface area (Å²) in [6.07, 6.45) is 0. The number of hydrogen-bond acceptors (Lipinski definition) is 3. The summed E-state index contributed by atoms with van der Waals surface area (Å²) in [7, 11) is -3.48. The highest BCUT2D eigenvalue weighted by atomic mass is 127. The average Bonchev–Trinajstić information content (AvgIpc) is 2.27. The molecule has 0 amide bonds. The van der Waals surface area contributed by atoms with Crippen molar-refractivity contribution in [3.05, 3.63) is 27.8 Å². The van der Waals surface area contributed by atoms with Crippen molar-refractivity contribution in [2.24, 2.45) is 5.41 Å². The van der Waals surface area contributed by atoms with E-state index in [0.717, 1.165) is 3.57 Å². The van der Waals surface area contributed by atoms with Gasteiger partial charge >= 0.3 is 0 Å². The van der Waals surface area contributed by atoms with Gasteiger partial charge in [-0.3, -0.25) is 0 Å². The first-order valence-electron chi connectivity index (χ1n) is 5.13. The summed E-state index contributed by atoms with van der Waals surface area (Å²) >= 11 is 2.12. The van der Waals surface area contributed by atoms with E-state index >= 15 is 0 Å². The van der Waals surface area contributed by atoms with Crippen LogP contribution in [0.1, 0.15) is 13.8 Å². The highest BCUT2D eigenvalue weighted by molar-refractivity contribution is 14.1. The van der Waals surface area contributed by atoms with Crippen LogP contribution in [-0.4, -0.2) is 26.7 Å². The van der Waals surface area contributed by atoms with Gasteiger partial charge < -0.3 is 5.11 Å². The summed E-state index contributed by atoms with van der Waals surface area (Å²) in [5.74, 6) is 0. The van der Waals surface area contributed by atoms with E-state index in [4.69, 9.17) is 5.11 Å². The Balaban J connectivity index is 2.79. The smallest absolute Gasteiger partial charge is 0.240 e. The predicted octanol–water partition coefficient (Wildman–Crippen LogP) is 1.59. The summed E-state index contributed by atoms with van der Waals surface area (Å²) < 4.78 is 27.3. The second-order valence-electron chi connectivity index (χ2n) is 4.60. The Bertz CT molecular complexity index is 468. The van der Waals surface area contributed by atoms with Crippen molar-refractivity contribution in [1.29, 1.82) is 0 Å². The minimum absolute atomic E-state index is 0.0673. The molecule has 0 saturated carbocycles. The lowest BCUT2D eigenvalue weighted by molar-refractivity contribution is 0.163. The molecule has 0 spiro atoms. The molecule has 1 aromatic carbocycles. The second kappa shape index (κ2) is 5.64. The van der Waals surface area contributed by atoms with Crippen LogP contribution in [0.2, 0.25) is 0 Å². The van der Waals surface area contributed by atoms with Crippen LogP contribution in [0.25, 0.3) is 0 Å². The van der Waals surface area contributed by atoms with Crippen molar-refractivity contribution >= 4 is 32.6 Å². The highest BCUT2D eigenvalue weighted by Crippen LogP contribution is 2.15. The van der Waals surface area contributed by atoms with E-state index in [1.807, 2.05) is 0 Å². The summed E-state index contributed by atoms with van der Waals surface area (Å²) in [6, 6.07) is 6.62. The van der Waals surface area contributed by atoms with Crippen LogP contribution in [-0.2, 0) is 10.0 Å². The lowest BCUT2D eigenvalue weighted by atomic mass is 9.96. The van der Waals surface area contributed by atoms with Crippen molar-refractivity contribution in [2.45, 2.75) is 18.7 Å². The molecule has 0 bridgehead atoms. The van der Waals surface area contributed by atoms with Crippen molar-refractivity contribution in [2.75, 3.05) is 13.2 Å². The zero-order valence-corrected chi connectivity index (χ0v) is 12.7. The maximum Gasteiger partial charge on any atom is 0.240 e. The fraction of sp³-hybridized carbons (Fsp3) is 0.455. The summed E-state index contributed by atoms with van der Waals surface area (Å²) in [5, 5.41) is 9.06. The largest absolute Gasteiger partial charge is 0.396 e. The van der Waals surface area contributed by atoms with E-state index in [1.165, 1.54) is 0 Å². The van der Waals surface area contributed by atoms with Crippen LogP contribution in [0, 0.1) is 8.99 Å². The van der Waals surface area contributed by atoms with E-state index in [9.17, 15) is 8.42 Å². The van der Waals surface area contributed by atoms with Crippen molar-refractivity contribution < 1.29 is 13.5 Å². The quantitative estimate of drug-likeness (QED) is 0.775. The molecule has 0 aliphatic heterocycles. The third-order valence-corrected chi connectivity index (χ3v) is 4.43. The number of benzene rings is 1. The normalized spacial score (nSPS) is 12.7. The van der Waals surface area contributed by atoms with Crippen LogP contribution in [0.4, 0.5) is 0 Å². The predicted molar refractivity (Wildman–Crippen MR) is 75.2 cm³/mol. The Labute approximate surface area is 116 Å². The van der Waals surface area contributed by atoms with Gasteiger partial charge in [0.2, 0.25) is 10.0 Å². The molecule has 0 saturated heterocycles. The first-order valence-corrected chi connectivity index (χ1v) is 7.69. The Morgan fingerprint density at radius 2 is 1.82 bits per heavy atom. The molecule has 0 radical (unpaired) electrons. The maximum atomic E-state index is 11.9. The molecular weight excluding hydrogens is 353 g/mol. The number of sulfonamides is 1. The molecule has 0 heterocycles. The van der Waals surface area contributed by atoms with Crippen LogP contribution in [0.3, 0.4) is 0 Å². The number of halogens is 1. The van der Waals surface area contributed by atoms with E-state index in [0.29, 0.717) is 0 Å². The molecule has 0 aromatic heterocycles. The Kier molecular flexibility index (Phi) is 4.94. The minimum atomic E-state index is -3.48. The fourth-order valence-corrected chi connectivity index (χ4v) is 2.64. The summed E-state index contributed by atoms with van der Waals surface area (Å²) in [4.78, 5) is 0.242. The zero-order valence-electron chi connectivity index (χ0n) is 9.77. The molecule has 96 valence electrons. The number of aliphatic hydroxyl groups excluding tert-OH is 1. The number of rotatable bonds is 5. The first kappa shape index (κ1) is 14.9. The van der Waals surface area contributed by atoms with Crippen LogP contribution < -0.4 is 4.72 Å². The first-order chi connectivity index (χ1) is 7.77. The molecule has 2 N–H and O–H groups in total. The molecule has 0 atom stereocenters. The zero-order chi connectivity index (χ0) is 13.1. The molecule has 6 heteroatoms. The standard InChI is InChI=1S/C11H16INO3S/c1-11(2,8-14)7-13-17(15,16)10-5-3-9(12)4-6-10/h3-6,13-14H,7-8H2,1-2H3. The summed E-state index contributed by atoms with van der Waals surface area (Å²) in [6.45, 7) is 3.73. The molecule has 0 unspecified atom stereocenters. The van der Waals surface area contributed by atoms with Crippen molar-refractivity contribution in [1.82, 2.24) is 4.72 Å². The maximum absolute atomic E-state index is 11.9. The molecule has 17 heavy (non-hydrogen) atoms. The highest BCUT2D eigenvalue weighted by Gasteiger charge is 2.21. The Morgan fingerprint density at radius 3 is 2.29 bits per heavy atom. The van der Waals surface area contributed by atoms with Crippen LogP contribution in [0.15, 0.2) is 29.2 Å². The van der Waals surface area contributed by atoms with Crippen LogP contribution in [0.5, 0.6) is 0 Å². The van der Waals surface area contributed by atoms with Crippen molar-refractivity contribution in [3.63, 3.8) is 0 Å². The van der Waals surface area contributed by atoms with Crippen LogP contribution >= 0.6 is 22.6 Å². The van der Waals surface area contributed by atoms with Gasteiger partial charge in [0.05, 0.1) is 4.90 Å². The minimum Gasteiger partial charge on any atom is -0.396 e. The lowest BCUT2D eigenvalue weighted by Gasteiger charge is -2.21. The molecule has 1 rings (SSSR count). The second-order valence-corrected chi connectivity index (χ2v) is 7.61. The van der Waals surface area contributed by atoms with E-state index < -0.39 is 15.4 Å². The molecule has 0 aliphatic rings. The van der Waals surface area contributed by atoms with Crippen molar-refractivity contribution in [3.8, 4) is 0 Å². The summed E-state index contributed by atoms with van der Waals surface area (Å²) in [5.41, 5.74) is -0.462. The molecule has 4 nitrogen and oxygen atoms in total. The van der Waals surface area contributed by atoms with Gasteiger partial charge in [-0.15, -0.1) is 0 Å². The van der Waals surface area contributed by atoms with Gasteiger partial charge in [0.1, 0.15) is 0 Å². The van der Waals surface area contributed by atoms with Gasteiger partial charge in [-0.1, -0.05) is 13.8 Å². The molecule has 0 aliphatic carbocycles. The third kappa shape index (κ3) is 4.53. The Morgan fingerprint density at radius 1 is 1.29 bits per heavy atom. The lowest BCUT2D eigenvalue weighted by Crippen LogP contribution is -2.36. The van der Waals surface area contributed by atoms with Gasteiger partial charge in [-0.2, -0.15) is 0 Å². The Hall–Kier alpha value is -0.180. The molecule has 0 fully saturated rings. The molecular formula is C11H16INO3S. The number of hydrogen-bond donors (Lipinski definition) is 2. The van der Waals surface area contributed by atoms with Gasteiger partial charge in [0, 0.05) is 22.1 Å². The molecule has 1 aromatic rings. The van der Waals surface area contributed by atoms with Gasteiger partial charge in [0.25, 0.3) is 0 Å². The number of nitrogens with one attached hydrogen (secondary N) is 1. The van der Waals surface area contributed by atoms with Gasteiger partial charge in [-0.25, -0.2) is 13.1 Å².